The summed E-state index contributed by atoms with van der Waals surface area (Å²) in [6.07, 6.45) is 5.43. The van der Waals surface area contributed by atoms with E-state index in [2.05, 4.69) is 29.2 Å². The fraction of sp³-hybridized carbons (Fsp3) is 0.533. The highest BCUT2D eigenvalue weighted by Gasteiger charge is 2.31. The molecule has 1 unspecified atom stereocenters. The second-order valence-electron chi connectivity index (χ2n) is 6.14. The molecule has 0 radical (unpaired) electrons. The Labute approximate surface area is 123 Å². The first-order chi connectivity index (χ1) is 9.94. The van der Waals surface area contributed by atoms with E-state index >= 15 is 0 Å². The van der Waals surface area contributed by atoms with Crippen LogP contribution in [0, 0.1) is 6.92 Å². The van der Waals surface area contributed by atoms with E-state index in [1.807, 2.05) is 13.0 Å². The van der Waals surface area contributed by atoms with Crippen molar-refractivity contribution in [2.45, 2.75) is 45.3 Å². The average molecular weight is 288 g/mol. The van der Waals surface area contributed by atoms with E-state index in [1.54, 1.807) is 16.9 Å². The van der Waals surface area contributed by atoms with Crippen LogP contribution >= 0.6 is 0 Å². The van der Waals surface area contributed by atoms with Crippen molar-refractivity contribution in [3.05, 3.63) is 29.7 Å². The molecule has 1 atom stereocenters. The van der Waals surface area contributed by atoms with Crippen LogP contribution in [0.2, 0.25) is 0 Å². The van der Waals surface area contributed by atoms with Gasteiger partial charge in [0.1, 0.15) is 5.56 Å². The van der Waals surface area contributed by atoms with E-state index in [-0.39, 0.29) is 17.6 Å². The molecule has 6 nitrogen and oxygen atoms in total. The summed E-state index contributed by atoms with van der Waals surface area (Å²) in [5, 5.41) is 7.06. The fourth-order valence-corrected chi connectivity index (χ4v) is 2.64. The Bertz CT molecular complexity index is 677. The third-order valence-electron chi connectivity index (χ3n) is 3.80. The summed E-state index contributed by atoms with van der Waals surface area (Å²) >= 11 is 0. The minimum absolute atomic E-state index is 0.0838. The van der Waals surface area contributed by atoms with Gasteiger partial charge in [-0.15, -0.1) is 0 Å². The Hall–Kier alpha value is -1.95. The lowest BCUT2D eigenvalue weighted by molar-refractivity contribution is -0.0138. The SMILES string of the molecule is Cc1ccn2ncc(C(=O)NCC3CCC(C)(C)O3)c2n1. The van der Waals surface area contributed by atoms with E-state index in [0.717, 1.165) is 18.5 Å². The van der Waals surface area contributed by atoms with Crippen LogP contribution in [0.4, 0.5) is 0 Å². The fourth-order valence-electron chi connectivity index (χ4n) is 2.64. The van der Waals surface area contributed by atoms with Crippen LogP contribution < -0.4 is 5.32 Å². The maximum Gasteiger partial charge on any atom is 0.256 e. The quantitative estimate of drug-likeness (QED) is 0.934. The summed E-state index contributed by atoms with van der Waals surface area (Å²) in [6, 6.07) is 1.86. The molecule has 1 aliphatic heterocycles. The lowest BCUT2D eigenvalue weighted by Gasteiger charge is -2.19. The number of carbonyl (C=O) groups is 1. The largest absolute Gasteiger partial charge is 0.371 e. The van der Waals surface area contributed by atoms with Crippen molar-refractivity contribution in [2.24, 2.45) is 0 Å². The molecular weight excluding hydrogens is 268 g/mol. The molecule has 0 aromatic carbocycles. The number of amides is 1. The summed E-state index contributed by atoms with van der Waals surface area (Å²) in [5.41, 5.74) is 1.85. The van der Waals surface area contributed by atoms with E-state index in [0.29, 0.717) is 17.8 Å². The Morgan fingerprint density at radius 3 is 3.10 bits per heavy atom. The van der Waals surface area contributed by atoms with Crippen LogP contribution in [0.5, 0.6) is 0 Å². The second kappa shape index (κ2) is 5.11. The number of hydrogen-bond acceptors (Lipinski definition) is 4. The highest BCUT2D eigenvalue weighted by molar-refractivity contribution is 5.99. The van der Waals surface area contributed by atoms with E-state index in [4.69, 9.17) is 4.74 Å². The Morgan fingerprint density at radius 2 is 2.38 bits per heavy atom. The van der Waals surface area contributed by atoms with Crippen LogP contribution in [0.25, 0.3) is 5.65 Å². The topological polar surface area (TPSA) is 68.5 Å². The Morgan fingerprint density at radius 1 is 1.57 bits per heavy atom. The lowest BCUT2D eigenvalue weighted by atomic mass is 10.1. The number of rotatable bonds is 3. The molecule has 1 N–H and O–H groups in total. The van der Waals surface area contributed by atoms with Gasteiger partial charge in [-0.2, -0.15) is 5.10 Å². The molecule has 3 rings (SSSR count). The first-order valence-electron chi connectivity index (χ1n) is 7.22. The normalized spacial score (nSPS) is 20.8. The van der Waals surface area contributed by atoms with Gasteiger partial charge in [0.25, 0.3) is 5.91 Å². The smallest absolute Gasteiger partial charge is 0.256 e. The number of nitrogens with zero attached hydrogens (tertiary/aromatic N) is 3. The molecule has 0 bridgehead atoms. The number of aryl methyl sites for hydroxylation is 1. The maximum absolute atomic E-state index is 12.3. The number of carbonyl (C=O) groups excluding carboxylic acids is 1. The van der Waals surface area contributed by atoms with E-state index in [1.165, 1.54) is 0 Å². The molecule has 0 spiro atoms. The van der Waals surface area contributed by atoms with Crippen molar-refractivity contribution in [3.8, 4) is 0 Å². The van der Waals surface area contributed by atoms with Gasteiger partial charge < -0.3 is 10.1 Å². The molecule has 1 aliphatic rings. The predicted octanol–water partition coefficient (Wildman–Crippen LogP) is 1.73. The molecule has 3 heterocycles. The second-order valence-corrected chi connectivity index (χ2v) is 6.14. The molecule has 1 amide bonds. The summed E-state index contributed by atoms with van der Waals surface area (Å²) in [4.78, 5) is 16.7. The van der Waals surface area contributed by atoms with Crippen LogP contribution in [0.15, 0.2) is 18.5 Å². The molecule has 21 heavy (non-hydrogen) atoms. The summed E-state index contributed by atoms with van der Waals surface area (Å²) < 4.78 is 7.48. The molecule has 112 valence electrons. The van der Waals surface area contributed by atoms with Gasteiger partial charge in [-0.25, -0.2) is 9.50 Å². The van der Waals surface area contributed by atoms with Gasteiger partial charge in [0.15, 0.2) is 5.65 Å². The van der Waals surface area contributed by atoms with Crippen molar-refractivity contribution in [1.29, 1.82) is 0 Å². The van der Waals surface area contributed by atoms with Crippen molar-refractivity contribution in [3.63, 3.8) is 0 Å². The molecular formula is C15H20N4O2. The zero-order valence-corrected chi connectivity index (χ0v) is 12.6. The summed E-state index contributed by atoms with van der Waals surface area (Å²) in [5.74, 6) is -0.156. The standard InChI is InChI=1S/C15H20N4O2/c1-10-5-7-19-13(18-10)12(9-17-19)14(20)16-8-11-4-6-15(2,3)21-11/h5,7,9,11H,4,6,8H2,1-3H3,(H,16,20). The molecule has 6 heteroatoms. The van der Waals surface area contributed by atoms with Gasteiger partial charge in [-0.3, -0.25) is 4.79 Å². The van der Waals surface area contributed by atoms with Gasteiger partial charge in [0.2, 0.25) is 0 Å². The number of fused-ring (bicyclic) bond motifs is 1. The van der Waals surface area contributed by atoms with E-state index in [9.17, 15) is 4.79 Å². The molecule has 1 saturated heterocycles. The Balaban J connectivity index is 1.69. The number of nitrogens with one attached hydrogen (secondary N) is 1. The summed E-state index contributed by atoms with van der Waals surface area (Å²) in [6.45, 7) is 6.56. The molecule has 1 fully saturated rings. The Kier molecular flexibility index (Phi) is 3.41. The molecule has 0 saturated carbocycles. The highest BCUT2D eigenvalue weighted by atomic mass is 16.5. The van der Waals surface area contributed by atoms with Crippen LogP contribution in [0.3, 0.4) is 0 Å². The molecule has 0 aliphatic carbocycles. The minimum Gasteiger partial charge on any atom is -0.371 e. The first-order valence-corrected chi connectivity index (χ1v) is 7.22. The van der Waals surface area contributed by atoms with Gasteiger partial charge in [-0.05, 0) is 39.7 Å². The van der Waals surface area contributed by atoms with Gasteiger partial charge >= 0.3 is 0 Å². The number of aromatic nitrogens is 3. The van der Waals surface area contributed by atoms with Gasteiger partial charge in [-0.1, -0.05) is 0 Å². The molecule has 2 aromatic rings. The monoisotopic (exact) mass is 288 g/mol. The van der Waals surface area contributed by atoms with Gasteiger partial charge in [0, 0.05) is 18.4 Å². The summed E-state index contributed by atoms with van der Waals surface area (Å²) in [7, 11) is 0. The van der Waals surface area contributed by atoms with Crippen LogP contribution in [-0.2, 0) is 4.74 Å². The van der Waals surface area contributed by atoms with Crippen molar-refractivity contribution in [1.82, 2.24) is 19.9 Å². The van der Waals surface area contributed by atoms with E-state index < -0.39 is 0 Å². The third-order valence-corrected chi connectivity index (χ3v) is 3.80. The number of hydrogen-bond donors (Lipinski definition) is 1. The van der Waals surface area contributed by atoms with Crippen molar-refractivity contribution >= 4 is 11.6 Å². The third kappa shape index (κ3) is 2.90. The molecule has 2 aromatic heterocycles. The highest BCUT2D eigenvalue weighted by Crippen LogP contribution is 2.28. The average Bonchev–Trinajstić information content (AvgIpc) is 2.99. The lowest BCUT2D eigenvalue weighted by Crippen LogP contribution is -2.33. The van der Waals surface area contributed by atoms with Crippen molar-refractivity contribution in [2.75, 3.05) is 6.54 Å². The zero-order valence-electron chi connectivity index (χ0n) is 12.6. The number of ether oxygens (including phenoxy) is 1. The zero-order chi connectivity index (χ0) is 15.0. The maximum atomic E-state index is 12.3. The van der Waals surface area contributed by atoms with Crippen molar-refractivity contribution < 1.29 is 9.53 Å². The predicted molar refractivity (Wildman–Crippen MR) is 78.2 cm³/mol. The van der Waals surface area contributed by atoms with Crippen LogP contribution in [-0.4, -0.2) is 38.8 Å². The van der Waals surface area contributed by atoms with Crippen LogP contribution in [0.1, 0.15) is 42.7 Å². The minimum atomic E-state index is -0.156. The van der Waals surface area contributed by atoms with Gasteiger partial charge in [0.05, 0.1) is 17.9 Å². The first kappa shape index (κ1) is 14.0.